The van der Waals surface area contributed by atoms with Crippen molar-refractivity contribution in [3.8, 4) is 11.5 Å². The van der Waals surface area contributed by atoms with Crippen LogP contribution in [-0.2, 0) is 6.54 Å². The van der Waals surface area contributed by atoms with Crippen molar-refractivity contribution in [1.82, 2.24) is 15.1 Å². The molecule has 0 spiro atoms. The fraction of sp³-hybridized carbons (Fsp3) is 0.263. The van der Waals surface area contributed by atoms with E-state index in [1.165, 1.54) is 12.1 Å². The normalized spacial score (nSPS) is 18.1. The Bertz CT molecular complexity index is 801. The third-order valence-corrected chi connectivity index (χ3v) is 4.44. The summed E-state index contributed by atoms with van der Waals surface area (Å²) in [5.74, 6) is 0.957. The van der Waals surface area contributed by atoms with Crippen molar-refractivity contribution in [1.29, 1.82) is 0 Å². The first-order valence-electron chi connectivity index (χ1n) is 8.17. The van der Waals surface area contributed by atoms with Crippen LogP contribution < -0.4 is 0 Å². The lowest BCUT2D eigenvalue weighted by Crippen LogP contribution is -2.22. The maximum atomic E-state index is 13.1. The summed E-state index contributed by atoms with van der Waals surface area (Å²) in [4.78, 5) is 2.32. The number of benzene rings is 2. The van der Waals surface area contributed by atoms with Crippen molar-refractivity contribution in [3.05, 3.63) is 71.9 Å². The Morgan fingerprint density at radius 3 is 2.62 bits per heavy atom. The molecular formula is C19H18FN3O. The highest BCUT2D eigenvalue weighted by atomic mass is 19.1. The van der Waals surface area contributed by atoms with E-state index in [0.717, 1.165) is 30.5 Å². The largest absolute Gasteiger partial charge is 0.419 e. The third-order valence-electron chi connectivity index (χ3n) is 4.44. The van der Waals surface area contributed by atoms with Crippen LogP contribution in [0, 0.1) is 5.82 Å². The molecule has 1 aromatic heterocycles. The zero-order chi connectivity index (χ0) is 16.4. The van der Waals surface area contributed by atoms with Crippen LogP contribution in [-0.4, -0.2) is 21.6 Å². The minimum Gasteiger partial charge on any atom is -0.419 e. The molecule has 0 amide bonds. The van der Waals surface area contributed by atoms with Crippen LogP contribution in [0.1, 0.15) is 30.3 Å². The van der Waals surface area contributed by atoms with Crippen molar-refractivity contribution < 1.29 is 8.81 Å². The van der Waals surface area contributed by atoms with E-state index >= 15 is 0 Å². The molecule has 1 aliphatic rings. The van der Waals surface area contributed by atoms with E-state index in [2.05, 4.69) is 15.1 Å². The minimum absolute atomic E-state index is 0.201. The summed E-state index contributed by atoms with van der Waals surface area (Å²) in [6.45, 7) is 1.59. The van der Waals surface area contributed by atoms with Gasteiger partial charge in [0.25, 0.3) is 0 Å². The molecule has 0 saturated carbocycles. The van der Waals surface area contributed by atoms with E-state index in [1.54, 1.807) is 0 Å². The number of rotatable bonds is 4. The first-order valence-corrected chi connectivity index (χ1v) is 8.17. The average Bonchev–Trinajstić information content (AvgIpc) is 3.27. The monoisotopic (exact) mass is 323 g/mol. The fourth-order valence-electron chi connectivity index (χ4n) is 3.27. The van der Waals surface area contributed by atoms with Crippen LogP contribution in [0.4, 0.5) is 4.39 Å². The molecule has 2 aromatic carbocycles. The number of likely N-dealkylation sites (tertiary alicyclic amines) is 1. The Hall–Kier alpha value is -2.53. The van der Waals surface area contributed by atoms with E-state index in [4.69, 9.17) is 4.42 Å². The Morgan fingerprint density at radius 2 is 1.83 bits per heavy atom. The molecule has 0 radical (unpaired) electrons. The van der Waals surface area contributed by atoms with Gasteiger partial charge in [-0.25, -0.2) is 4.39 Å². The Kier molecular flexibility index (Phi) is 4.09. The van der Waals surface area contributed by atoms with Crippen LogP contribution in [0.25, 0.3) is 11.5 Å². The van der Waals surface area contributed by atoms with Crippen LogP contribution in [0.2, 0.25) is 0 Å². The second kappa shape index (κ2) is 6.53. The van der Waals surface area contributed by atoms with Crippen molar-refractivity contribution in [2.24, 2.45) is 0 Å². The highest BCUT2D eigenvalue weighted by Gasteiger charge is 2.27. The summed E-state index contributed by atoms with van der Waals surface area (Å²) >= 11 is 0. The predicted octanol–water partition coefficient (Wildman–Crippen LogP) is 4.21. The molecule has 3 aromatic rings. The number of aromatic nitrogens is 2. The number of hydrogen-bond donors (Lipinski definition) is 0. The topological polar surface area (TPSA) is 42.2 Å². The van der Waals surface area contributed by atoms with Gasteiger partial charge < -0.3 is 4.42 Å². The van der Waals surface area contributed by atoms with E-state index in [0.29, 0.717) is 18.3 Å². The lowest BCUT2D eigenvalue weighted by atomic mass is 10.0. The molecule has 2 heterocycles. The molecule has 0 aliphatic carbocycles. The standard InChI is InChI=1S/C19H18FN3O/c20-16-10-8-14(9-11-16)17-7-4-12-23(17)13-18-21-22-19(24-18)15-5-2-1-3-6-15/h1-3,5-6,8-11,17H,4,7,12-13H2/t17-/m0/s1. The molecule has 5 heteroatoms. The zero-order valence-electron chi connectivity index (χ0n) is 13.2. The Labute approximate surface area is 139 Å². The summed E-state index contributed by atoms with van der Waals surface area (Å²) in [5, 5.41) is 8.32. The summed E-state index contributed by atoms with van der Waals surface area (Å²) in [6, 6.07) is 16.8. The molecule has 1 fully saturated rings. The van der Waals surface area contributed by atoms with Gasteiger partial charge in [0.2, 0.25) is 11.8 Å². The molecule has 24 heavy (non-hydrogen) atoms. The van der Waals surface area contributed by atoms with Gasteiger partial charge in [0.15, 0.2) is 0 Å². The van der Waals surface area contributed by atoms with E-state index in [1.807, 2.05) is 42.5 Å². The molecule has 4 rings (SSSR count). The van der Waals surface area contributed by atoms with Gasteiger partial charge in [0.05, 0.1) is 6.54 Å². The SMILES string of the molecule is Fc1ccc([C@@H]2CCCN2Cc2nnc(-c3ccccc3)o2)cc1. The molecule has 122 valence electrons. The van der Waals surface area contributed by atoms with Gasteiger partial charge >= 0.3 is 0 Å². The minimum atomic E-state index is -0.201. The first kappa shape index (κ1) is 15.0. The average molecular weight is 323 g/mol. The van der Waals surface area contributed by atoms with E-state index < -0.39 is 0 Å². The smallest absolute Gasteiger partial charge is 0.247 e. The number of halogens is 1. The molecule has 1 aliphatic heterocycles. The van der Waals surface area contributed by atoms with Gasteiger partial charge in [-0.15, -0.1) is 10.2 Å². The highest BCUT2D eigenvalue weighted by molar-refractivity contribution is 5.51. The maximum absolute atomic E-state index is 13.1. The van der Waals surface area contributed by atoms with Crippen molar-refractivity contribution in [2.45, 2.75) is 25.4 Å². The molecule has 1 atom stereocenters. The van der Waals surface area contributed by atoms with Gasteiger partial charge in [-0.05, 0) is 49.2 Å². The number of hydrogen-bond acceptors (Lipinski definition) is 4. The highest BCUT2D eigenvalue weighted by Crippen LogP contribution is 2.33. The fourth-order valence-corrected chi connectivity index (χ4v) is 3.27. The summed E-state index contributed by atoms with van der Waals surface area (Å²) in [6.07, 6.45) is 2.17. The quantitative estimate of drug-likeness (QED) is 0.721. The molecule has 1 saturated heterocycles. The van der Waals surface area contributed by atoms with Gasteiger partial charge in [-0.3, -0.25) is 4.90 Å². The Morgan fingerprint density at radius 1 is 1.04 bits per heavy atom. The molecule has 4 nitrogen and oxygen atoms in total. The second-order valence-electron chi connectivity index (χ2n) is 6.05. The Balaban J connectivity index is 1.50. The lowest BCUT2D eigenvalue weighted by molar-refractivity contribution is 0.224. The van der Waals surface area contributed by atoms with Crippen LogP contribution >= 0.6 is 0 Å². The maximum Gasteiger partial charge on any atom is 0.247 e. The predicted molar refractivity (Wildman–Crippen MR) is 88.5 cm³/mol. The van der Waals surface area contributed by atoms with Gasteiger partial charge in [0.1, 0.15) is 5.82 Å². The zero-order valence-corrected chi connectivity index (χ0v) is 13.2. The van der Waals surface area contributed by atoms with Gasteiger partial charge in [-0.1, -0.05) is 30.3 Å². The van der Waals surface area contributed by atoms with Crippen LogP contribution in [0.3, 0.4) is 0 Å². The van der Waals surface area contributed by atoms with Gasteiger partial charge in [-0.2, -0.15) is 0 Å². The van der Waals surface area contributed by atoms with Crippen molar-refractivity contribution in [3.63, 3.8) is 0 Å². The lowest BCUT2D eigenvalue weighted by Gasteiger charge is -2.23. The molecule has 0 N–H and O–H groups in total. The van der Waals surface area contributed by atoms with Crippen LogP contribution in [0.5, 0.6) is 0 Å². The van der Waals surface area contributed by atoms with Crippen LogP contribution in [0.15, 0.2) is 59.0 Å². The summed E-state index contributed by atoms with van der Waals surface area (Å²) in [5.41, 5.74) is 2.06. The second-order valence-corrected chi connectivity index (χ2v) is 6.05. The summed E-state index contributed by atoms with van der Waals surface area (Å²) < 4.78 is 18.9. The third kappa shape index (κ3) is 3.08. The van der Waals surface area contributed by atoms with Crippen molar-refractivity contribution in [2.75, 3.05) is 6.54 Å². The van der Waals surface area contributed by atoms with Gasteiger partial charge in [0, 0.05) is 11.6 Å². The first-order chi connectivity index (χ1) is 11.8. The molecule has 0 unspecified atom stereocenters. The summed E-state index contributed by atoms with van der Waals surface area (Å²) in [7, 11) is 0. The molecule has 0 bridgehead atoms. The van der Waals surface area contributed by atoms with Crippen molar-refractivity contribution >= 4 is 0 Å². The van der Waals surface area contributed by atoms with E-state index in [9.17, 15) is 4.39 Å². The number of nitrogens with zero attached hydrogens (tertiary/aromatic N) is 3. The molecular weight excluding hydrogens is 305 g/mol. The van der Waals surface area contributed by atoms with E-state index in [-0.39, 0.29) is 11.9 Å².